The third-order valence-electron chi connectivity index (χ3n) is 11.4. The molecule has 53 heavy (non-hydrogen) atoms. The van der Waals surface area contributed by atoms with Gasteiger partial charge in [0.05, 0.1) is 36.0 Å². The van der Waals surface area contributed by atoms with Crippen LogP contribution in [-0.2, 0) is 31.0 Å². The summed E-state index contributed by atoms with van der Waals surface area (Å²) in [7, 11) is 1.42. The minimum Gasteiger partial charge on any atom is -0.508 e. The Hall–Kier alpha value is -5.68. The number of ether oxygens (including phenoxy) is 1. The average molecular weight is 736 g/mol. The zero-order valence-corrected chi connectivity index (χ0v) is 29.3. The Morgan fingerprint density at radius 3 is 2.30 bits per heavy atom. The van der Waals surface area contributed by atoms with E-state index in [4.69, 9.17) is 16.3 Å². The lowest BCUT2D eigenvalue weighted by molar-refractivity contribution is -0.141. The van der Waals surface area contributed by atoms with Crippen molar-refractivity contribution < 1.29 is 38.5 Å². The maximum Gasteiger partial charge on any atom is 0.260 e. The number of nitrogens with one attached hydrogen (secondary N) is 1. The molecular weight excluding hydrogens is 701 g/mol. The van der Waals surface area contributed by atoms with Crippen LogP contribution in [0.25, 0.3) is 0 Å². The molecule has 1 saturated carbocycles. The van der Waals surface area contributed by atoms with Crippen LogP contribution in [0.1, 0.15) is 35.4 Å². The lowest BCUT2D eigenvalue weighted by Crippen LogP contribution is -2.53. The molecule has 10 nitrogen and oxygen atoms in total. The molecule has 3 N–H and O–H groups in total. The molecule has 4 aliphatic rings. The number of allylic oxidation sites excluding steroid dienone is 2. The van der Waals surface area contributed by atoms with Gasteiger partial charge in [0.15, 0.2) is 11.5 Å². The number of carbonyl (C=O) groups excluding carboxylic acids is 4. The molecule has 0 spiro atoms. The Balaban J connectivity index is 1.27. The van der Waals surface area contributed by atoms with Gasteiger partial charge in [-0.1, -0.05) is 53.6 Å². The number of halogens is 2. The molecule has 8 rings (SSSR count). The van der Waals surface area contributed by atoms with Crippen molar-refractivity contribution in [1.29, 1.82) is 0 Å². The quantitative estimate of drug-likeness (QED) is 0.145. The van der Waals surface area contributed by atoms with Gasteiger partial charge in [0.2, 0.25) is 11.8 Å². The van der Waals surface area contributed by atoms with E-state index in [0.717, 1.165) is 16.1 Å². The monoisotopic (exact) mass is 735 g/mol. The van der Waals surface area contributed by atoms with E-state index >= 15 is 4.79 Å². The Bertz CT molecular complexity index is 2180. The van der Waals surface area contributed by atoms with Crippen LogP contribution in [0.2, 0.25) is 5.02 Å². The molecular formula is C41H35ClFN3O7. The van der Waals surface area contributed by atoms with Crippen molar-refractivity contribution >= 4 is 40.9 Å². The van der Waals surface area contributed by atoms with Gasteiger partial charge in [-0.3, -0.25) is 29.5 Å². The summed E-state index contributed by atoms with van der Waals surface area (Å²) in [6.07, 6.45) is 2.70. The predicted octanol–water partition coefficient (Wildman–Crippen LogP) is 6.13. The maximum absolute atomic E-state index is 15.2. The Morgan fingerprint density at radius 1 is 0.887 bits per heavy atom. The number of anilines is 1. The van der Waals surface area contributed by atoms with Gasteiger partial charge < -0.3 is 14.9 Å². The molecule has 2 aliphatic carbocycles. The number of phenols is 2. The van der Waals surface area contributed by atoms with E-state index in [1.54, 1.807) is 60.7 Å². The first kappa shape index (κ1) is 34.4. The van der Waals surface area contributed by atoms with Crippen LogP contribution in [-0.4, -0.2) is 57.4 Å². The van der Waals surface area contributed by atoms with Gasteiger partial charge in [0, 0.05) is 17.5 Å². The molecule has 0 aromatic heterocycles. The second-order valence-electron chi connectivity index (χ2n) is 14.0. The molecule has 0 radical (unpaired) electrons. The number of amides is 4. The van der Waals surface area contributed by atoms with Crippen molar-refractivity contribution in [3.05, 3.63) is 130 Å². The summed E-state index contributed by atoms with van der Waals surface area (Å²) >= 11 is 6.36. The van der Waals surface area contributed by atoms with E-state index < -0.39 is 52.6 Å². The van der Waals surface area contributed by atoms with E-state index in [-0.39, 0.29) is 48.4 Å². The number of aromatic hydroxyl groups is 2. The smallest absolute Gasteiger partial charge is 0.260 e. The van der Waals surface area contributed by atoms with Crippen LogP contribution in [0.15, 0.2) is 103 Å². The Labute approximate surface area is 309 Å². The van der Waals surface area contributed by atoms with Crippen molar-refractivity contribution in [3.63, 3.8) is 0 Å². The van der Waals surface area contributed by atoms with Crippen LogP contribution >= 0.6 is 11.6 Å². The fourth-order valence-electron chi connectivity index (χ4n) is 9.09. The number of hydrogen-bond donors (Lipinski definition) is 3. The van der Waals surface area contributed by atoms with Gasteiger partial charge in [-0.15, -0.1) is 0 Å². The summed E-state index contributed by atoms with van der Waals surface area (Å²) in [6.45, 7) is 0.154. The van der Waals surface area contributed by atoms with Crippen LogP contribution in [0.5, 0.6) is 17.2 Å². The Kier molecular flexibility index (Phi) is 8.48. The number of methoxy groups -OCH3 is 1. The van der Waals surface area contributed by atoms with Gasteiger partial charge in [-0.25, -0.2) is 4.39 Å². The summed E-state index contributed by atoms with van der Waals surface area (Å²) in [5.74, 6) is -5.86. The molecule has 0 bridgehead atoms. The first-order chi connectivity index (χ1) is 25.5. The number of hydrogen-bond acceptors (Lipinski definition) is 8. The van der Waals surface area contributed by atoms with Gasteiger partial charge in [-0.2, -0.15) is 5.01 Å². The number of rotatable bonds is 8. The molecule has 4 aromatic rings. The van der Waals surface area contributed by atoms with E-state index in [1.807, 2.05) is 6.08 Å². The summed E-state index contributed by atoms with van der Waals surface area (Å²) in [5.41, 5.74) is 4.39. The molecule has 2 saturated heterocycles. The average Bonchev–Trinajstić information content (AvgIpc) is 3.53. The molecule has 2 aliphatic heterocycles. The zero-order chi connectivity index (χ0) is 37.2. The minimum atomic E-state index is -1.56. The number of likely N-dealkylation sites (tertiary alicyclic amines) is 1. The van der Waals surface area contributed by atoms with E-state index in [0.29, 0.717) is 28.3 Å². The van der Waals surface area contributed by atoms with E-state index in [1.165, 1.54) is 42.3 Å². The predicted molar refractivity (Wildman–Crippen MR) is 192 cm³/mol. The zero-order valence-electron chi connectivity index (χ0n) is 28.5. The molecule has 2 heterocycles. The van der Waals surface area contributed by atoms with Crippen molar-refractivity contribution in [1.82, 2.24) is 9.91 Å². The van der Waals surface area contributed by atoms with Crippen LogP contribution in [0, 0.1) is 29.5 Å². The molecule has 12 heteroatoms. The molecule has 270 valence electrons. The van der Waals surface area contributed by atoms with Gasteiger partial charge in [0.1, 0.15) is 11.6 Å². The van der Waals surface area contributed by atoms with Crippen LogP contribution in [0.3, 0.4) is 0 Å². The number of phenolic OH excluding ortho intramolecular Hbond substituents is 2. The second kappa shape index (κ2) is 13.1. The molecule has 6 unspecified atom stereocenters. The first-order valence-electron chi connectivity index (χ1n) is 17.4. The van der Waals surface area contributed by atoms with Crippen molar-refractivity contribution in [2.24, 2.45) is 23.7 Å². The number of fused-ring (bicyclic) bond motifs is 4. The normalized spacial score (nSPS) is 26.2. The summed E-state index contributed by atoms with van der Waals surface area (Å²) in [6, 6.07) is 23.5. The first-order valence-corrected chi connectivity index (χ1v) is 17.8. The third kappa shape index (κ3) is 5.44. The highest BCUT2D eigenvalue weighted by molar-refractivity contribution is 6.30. The highest BCUT2D eigenvalue weighted by Crippen LogP contribution is 2.64. The summed E-state index contributed by atoms with van der Waals surface area (Å²) in [5, 5.41) is 21.7. The molecule has 4 aromatic carbocycles. The number of hydrazine groups is 1. The minimum absolute atomic E-state index is 0.0956. The number of carbonyl (C=O) groups is 4. The molecule has 3 fully saturated rings. The van der Waals surface area contributed by atoms with Crippen LogP contribution in [0.4, 0.5) is 10.1 Å². The highest BCUT2D eigenvalue weighted by Gasteiger charge is 2.70. The van der Waals surface area contributed by atoms with E-state index in [9.17, 15) is 29.0 Å². The SMILES string of the molecule is COc1cc(C2C3=CCC4C(=O)N(CCc5ccc(O)cc5)C(=O)C4C3CC3C(=O)N(Nc4ccc(F)cc4)C(=O)C32c2ccc(Cl)cc2)ccc1O. The lowest BCUT2D eigenvalue weighted by Gasteiger charge is -2.50. The van der Waals surface area contributed by atoms with Gasteiger partial charge >= 0.3 is 0 Å². The Morgan fingerprint density at radius 2 is 1.60 bits per heavy atom. The van der Waals surface area contributed by atoms with Crippen molar-refractivity contribution in [3.8, 4) is 17.2 Å². The number of nitrogens with zero attached hydrogens (tertiary/aromatic N) is 2. The molecule has 4 amide bonds. The van der Waals surface area contributed by atoms with Gasteiger partial charge in [-0.05, 0) is 103 Å². The topological polar surface area (TPSA) is 136 Å². The largest absolute Gasteiger partial charge is 0.508 e. The summed E-state index contributed by atoms with van der Waals surface area (Å²) < 4.78 is 19.4. The molecule has 6 atom stereocenters. The fraction of sp³-hybridized carbons (Fsp3) is 0.268. The van der Waals surface area contributed by atoms with Gasteiger partial charge in [0.25, 0.3) is 11.8 Å². The summed E-state index contributed by atoms with van der Waals surface area (Å²) in [4.78, 5) is 59.6. The fourth-order valence-corrected chi connectivity index (χ4v) is 9.22. The second-order valence-corrected chi connectivity index (χ2v) is 14.5. The third-order valence-corrected chi connectivity index (χ3v) is 11.7. The highest BCUT2D eigenvalue weighted by atomic mass is 35.5. The lowest BCUT2D eigenvalue weighted by atomic mass is 9.49. The van der Waals surface area contributed by atoms with Crippen molar-refractivity contribution in [2.45, 2.75) is 30.6 Å². The number of benzene rings is 4. The number of imide groups is 2. The van der Waals surface area contributed by atoms with Crippen LogP contribution < -0.4 is 10.2 Å². The standard InChI is InChI=1S/C41H35ClFN3O7/c1-53-34-20-23(4-17-33(34)48)36-29-15-16-30-35(39(51)45(37(30)49)19-18-22-2-13-28(47)14-3-22)31(29)21-32-38(50)46(44-27-11-9-26(43)10-12-27)40(52)41(32,36)24-5-7-25(42)8-6-24/h2-15,17,20,30-32,35-36,44,47-48H,16,18-19,21H2,1H3. The van der Waals surface area contributed by atoms with Crippen molar-refractivity contribution in [2.75, 3.05) is 19.1 Å². The maximum atomic E-state index is 15.2. The van der Waals surface area contributed by atoms with E-state index in [2.05, 4.69) is 5.43 Å².